The number of anilines is 2. The third kappa shape index (κ3) is 3.84. The van der Waals surface area contributed by atoms with Crippen molar-refractivity contribution in [1.82, 2.24) is 9.97 Å². The smallest absolute Gasteiger partial charge is 0.135 e. The summed E-state index contributed by atoms with van der Waals surface area (Å²) in [5.74, 6) is 1.97. The molecule has 114 valence electrons. The predicted molar refractivity (Wildman–Crippen MR) is 87.4 cm³/mol. The van der Waals surface area contributed by atoms with Gasteiger partial charge in [0.1, 0.15) is 18.0 Å². The molecule has 0 aromatic carbocycles. The fraction of sp³-hybridized carbons (Fsp3) is 0.750. The zero-order valence-electron chi connectivity index (χ0n) is 13.7. The standard InChI is InChI=1S/C16H30N4/c1-6-11-17-14-13(7-2)15(19-12-18-14)20-16(8-3,9-4)10-5/h12H,6-11H2,1-5H3,(H2,17,18,19,20). The second kappa shape index (κ2) is 8.08. The maximum absolute atomic E-state index is 4.48. The molecule has 4 heteroatoms. The van der Waals surface area contributed by atoms with Gasteiger partial charge in [-0.05, 0) is 32.1 Å². The van der Waals surface area contributed by atoms with E-state index in [1.54, 1.807) is 6.33 Å². The molecular weight excluding hydrogens is 248 g/mol. The zero-order chi connectivity index (χ0) is 15.0. The van der Waals surface area contributed by atoms with E-state index < -0.39 is 0 Å². The van der Waals surface area contributed by atoms with Gasteiger partial charge in [-0.2, -0.15) is 0 Å². The summed E-state index contributed by atoms with van der Waals surface area (Å²) in [5.41, 5.74) is 1.33. The molecule has 0 aliphatic rings. The van der Waals surface area contributed by atoms with Crippen molar-refractivity contribution in [2.24, 2.45) is 0 Å². The molecule has 0 aliphatic heterocycles. The summed E-state index contributed by atoms with van der Waals surface area (Å²) in [6, 6.07) is 0. The van der Waals surface area contributed by atoms with Crippen molar-refractivity contribution in [2.75, 3.05) is 17.2 Å². The first kappa shape index (κ1) is 16.7. The van der Waals surface area contributed by atoms with Crippen molar-refractivity contribution in [1.29, 1.82) is 0 Å². The average Bonchev–Trinajstić information content (AvgIpc) is 2.50. The topological polar surface area (TPSA) is 49.8 Å². The fourth-order valence-corrected chi connectivity index (χ4v) is 2.52. The molecule has 1 heterocycles. The fourth-order valence-electron chi connectivity index (χ4n) is 2.52. The summed E-state index contributed by atoms with van der Waals surface area (Å²) in [5, 5.41) is 7.09. The summed E-state index contributed by atoms with van der Waals surface area (Å²) in [6.45, 7) is 12.0. The molecule has 0 bridgehead atoms. The third-order valence-corrected chi connectivity index (χ3v) is 4.26. The van der Waals surface area contributed by atoms with Crippen LogP contribution in [-0.4, -0.2) is 22.1 Å². The highest BCUT2D eigenvalue weighted by Gasteiger charge is 2.25. The van der Waals surface area contributed by atoms with Crippen molar-refractivity contribution in [3.8, 4) is 0 Å². The van der Waals surface area contributed by atoms with Crippen LogP contribution in [0.15, 0.2) is 6.33 Å². The summed E-state index contributed by atoms with van der Waals surface area (Å²) in [7, 11) is 0. The first-order valence-corrected chi connectivity index (χ1v) is 8.02. The molecule has 1 aromatic heterocycles. The first-order valence-electron chi connectivity index (χ1n) is 8.02. The molecule has 0 unspecified atom stereocenters. The van der Waals surface area contributed by atoms with Crippen molar-refractivity contribution in [2.45, 2.75) is 72.3 Å². The Labute approximate surface area is 123 Å². The van der Waals surface area contributed by atoms with Crippen LogP contribution in [0.4, 0.5) is 11.6 Å². The van der Waals surface area contributed by atoms with Crippen molar-refractivity contribution in [3.05, 3.63) is 11.9 Å². The Bertz CT molecular complexity index is 391. The van der Waals surface area contributed by atoms with Gasteiger partial charge in [0.05, 0.1) is 0 Å². The van der Waals surface area contributed by atoms with Crippen LogP contribution in [0.2, 0.25) is 0 Å². The molecule has 0 saturated heterocycles. The van der Waals surface area contributed by atoms with Crippen LogP contribution in [0.3, 0.4) is 0 Å². The summed E-state index contributed by atoms with van der Waals surface area (Å²) >= 11 is 0. The molecule has 2 N–H and O–H groups in total. The highest BCUT2D eigenvalue weighted by atomic mass is 15.1. The van der Waals surface area contributed by atoms with Crippen molar-refractivity contribution >= 4 is 11.6 Å². The van der Waals surface area contributed by atoms with E-state index in [2.05, 4.69) is 55.2 Å². The van der Waals surface area contributed by atoms with Gasteiger partial charge >= 0.3 is 0 Å². The Morgan fingerprint density at radius 2 is 1.55 bits per heavy atom. The Kier molecular flexibility index (Phi) is 6.76. The minimum atomic E-state index is 0.139. The normalized spacial score (nSPS) is 11.4. The van der Waals surface area contributed by atoms with Gasteiger partial charge in [0.2, 0.25) is 0 Å². The highest BCUT2D eigenvalue weighted by molar-refractivity contribution is 5.58. The number of aromatic nitrogens is 2. The lowest BCUT2D eigenvalue weighted by Gasteiger charge is -2.33. The predicted octanol–water partition coefficient (Wildman–Crippen LogP) is 4.24. The van der Waals surface area contributed by atoms with Crippen LogP contribution >= 0.6 is 0 Å². The van der Waals surface area contributed by atoms with Crippen molar-refractivity contribution in [3.63, 3.8) is 0 Å². The maximum Gasteiger partial charge on any atom is 0.135 e. The Hall–Kier alpha value is -1.32. The molecule has 0 aliphatic carbocycles. The van der Waals surface area contributed by atoms with Crippen LogP contribution in [0.5, 0.6) is 0 Å². The van der Waals surface area contributed by atoms with Crippen LogP contribution in [0, 0.1) is 0 Å². The molecule has 0 spiro atoms. The minimum absolute atomic E-state index is 0.139. The zero-order valence-corrected chi connectivity index (χ0v) is 13.7. The summed E-state index contributed by atoms with van der Waals surface area (Å²) in [6.07, 6.45) is 6.99. The number of hydrogen-bond acceptors (Lipinski definition) is 4. The van der Waals surface area contributed by atoms with E-state index in [1.807, 2.05) is 0 Å². The maximum atomic E-state index is 4.48. The lowest BCUT2D eigenvalue weighted by atomic mass is 9.89. The van der Waals surface area contributed by atoms with Gasteiger partial charge in [-0.15, -0.1) is 0 Å². The molecule has 0 atom stereocenters. The van der Waals surface area contributed by atoms with E-state index in [-0.39, 0.29) is 5.54 Å². The van der Waals surface area contributed by atoms with Gasteiger partial charge in [0.25, 0.3) is 0 Å². The van der Waals surface area contributed by atoms with Crippen LogP contribution < -0.4 is 10.6 Å². The Morgan fingerprint density at radius 3 is 2.05 bits per heavy atom. The van der Waals surface area contributed by atoms with Crippen LogP contribution in [0.25, 0.3) is 0 Å². The Balaban J connectivity index is 3.05. The van der Waals surface area contributed by atoms with Crippen molar-refractivity contribution < 1.29 is 0 Å². The average molecular weight is 278 g/mol. The number of rotatable bonds is 9. The van der Waals surface area contributed by atoms with E-state index >= 15 is 0 Å². The van der Waals surface area contributed by atoms with Crippen LogP contribution in [0.1, 0.15) is 65.9 Å². The van der Waals surface area contributed by atoms with E-state index in [1.165, 1.54) is 5.56 Å². The largest absolute Gasteiger partial charge is 0.370 e. The highest BCUT2D eigenvalue weighted by Crippen LogP contribution is 2.28. The molecule has 1 rings (SSSR count). The van der Waals surface area contributed by atoms with Gasteiger partial charge < -0.3 is 10.6 Å². The van der Waals surface area contributed by atoms with Gasteiger partial charge in [0, 0.05) is 17.6 Å². The van der Waals surface area contributed by atoms with Gasteiger partial charge in [0.15, 0.2) is 0 Å². The number of hydrogen-bond donors (Lipinski definition) is 2. The SMILES string of the molecule is CCCNc1ncnc(NC(CC)(CC)CC)c1CC. The first-order chi connectivity index (χ1) is 9.66. The molecule has 0 fully saturated rings. The second-order valence-electron chi connectivity index (χ2n) is 5.30. The second-order valence-corrected chi connectivity index (χ2v) is 5.30. The molecule has 1 aromatic rings. The van der Waals surface area contributed by atoms with E-state index in [9.17, 15) is 0 Å². The lowest BCUT2D eigenvalue weighted by Crippen LogP contribution is -2.37. The third-order valence-electron chi connectivity index (χ3n) is 4.26. The number of nitrogens with zero attached hydrogens (tertiary/aromatic N) is 2. The molecular formula is C16H30N4. The molecule has 20 heavy (non-hydrogen) atoms. The quantitative estimate of drug-likeness (QED) is 0.709. The molecule has 0 radical (unpaired) electrons. The van der Waals surface area contributed by atoms with Gasteiger partial charge in [-0.25, -0.2) is 9.97 Å². The van der Waals surface area contributed by atoms with E-state index in [0.717, 1.165) is 50.3 Å². The Morgan fingerprint density at radius 1 is 0.950 bits per heavy atom. The lowest BCUT2D eigenvalue weighted by molar-refractivity contribution is 0.418. The van der Waals surface area contributed by atoms with Gasteiger partial charge in [-0.1, -0.05) is 34.6 Å². The molecule has 0 saturated carbocycles. The van der Waals surface area contributed by atoms with Crippen LogP contribution in [-0.2, 0) is 6.42 Å². The minimum Gasteiger partial charge on any atom is -0.370 e. The van der Waals surface area contributed by atoms with Gasteiger partial charge in [-0.3, -0.25) is 0 Å². The van der Waals surface area contributed by atoms with E-state index in [4.69, 9.17) is 0 Å². The van der Waals surface area contributed by atoms with E-state index in [0.29, 0.717) is 0 Å². The molecule has 0 amide bonds. The monoisotopic (exact) mass is 278 g/mol. The number of nitrogens with one attached hydrogen (secondary N) is 2. The summed E-state index contributed by atoms with van der Waals surface area (Å²) in [4.78, 5) is 8.88. The summed E-state index contributed by atoms with van der Waals surface area (Å²) < 4.78 is 0. The molecule has 4 nitrogen and oxygen atoms in total.